The lowest BCUT2D eigenvalue weighted by Crippen LogP contribution is -2.40. The summed E-state index contributed by atoms with van der Waals surface area (Å²) in [6, 6.07) is 12.3. The lowest BCUT2D eigenvalue weighted by Gasteiger charge is -2.29. The first-order valence-corrected chi connectivity index (χ1v) is 8.51. The fourth-order valence-electron chi connectivity index (χ4n) is 2.71. The molecule has 0 heterocycles. The van der Waals surface area contributed by atoms with E-state index in [1.807, 2.05) is 24.3 Å². The van der Waals surface area contributed by atoms with Crippen LogP contribution in [0, 0.1) is 6.92 Å². The molecule has 2 rings (SSSR count). The van der Waals surface area contributed by atoms with E-state index < -0.39 is 0 Å². The van der Waals surface area contributed by atoms with Crippen molar-refractivity contribution in [2.24, 2.45) is 0 Å². The minimum atomic E-state index is -0.370. The molecule has 0 spiro atoms. The van der Waals surface area contributed by atoms with E-state index in [2.05, 4.69) is 6.92 Å². The van der Waals surface area contributed by atoms with Crippen LogP contribution in [0.25, 0.3) is 0 Å². The maximum Gasteiger partial charge on any atom is 0.254 e. The third-order valence-corrected chi connectivity index (χ3v) is 4.15. The number of methoxy groups -OCH3 is 4. The van der Waals surface area contributed by atoms with Gasteiger partial charge in [0, 0.05) is 25.3 Å². The number of carbonyl (C=O) groups is 1. The van der Waals surface area contributed by atoms with Crippen molar-refractivity contribution < 1.29 is 23.7 Å². The molecule has 0 saturated heterocycles. The molecule has 0 aliphatic rings. The Morgan fingerprint density at radius 1 is 0.963 bits per heavy atom. The second kappa shape index (κ2) is 9.83. The number of hydrogen-bond donors (Lipinski definition) is 0. The number of rotatable bonds is 9. The third-order valence-electron chi connectivity index (χ3n) is 4.15. The first-order chi connectivity index (χ1) is 13.0. The van der Waals surface area contributed by atoms with Crippen molar-refractivity contribution in [3.8, 4) is 17.2 Å². The molecule has 0 aliphatic heterocycles. The van der Waals surface area contributed by atoms with E-state index >= 15 is 0 Å². The predicted octanol–water partition coefficient (Wildman–Crippen LogP) is 3.20. The monoisotopic (exact) mass is 372 g/mol. The highest BCUT2D eigenvalue weighted by atomic mass is 16.5. The van der Waals surface area contributed by atoms with Crippen LogP contribution in [0.5, 0.6) is 17.2 Å². The molecule has 1 atom stereocenters. The summed E-state index contributed by atoms with van der Waals surface area (Å²) < 4.78 is 21.0. The third kappa shape index (κ3) is 5.37. The molecule has 1 amide bonds. The van der Waals surface area contributed by atoms with Gasteiger partial charge in [-0.2, -0.15) is 0 Å². The summed E-state index contributed by atoms with van der Waals surface area (Å²) >= 11 is 0. The van der Waals surface area contributed by atoms with Crippen molar-refractivity contribution >= 4 is 5.91 Å². The second-order valence-electron chi connectivity index (χ2n) is 6.00. The van der Waals surface area contributed by atoms with Crippen molar-refractivity contribution in [3.63, 3.8) is 0 Å². The van der Waals surface area contributed by atoms with Crippen molar-refractivity contribution in [3.05, 3.63) is 60.5 Å². The average Bonchev–Trinajstić information content (AvgIpc) is 2.71. The second-order valence-corrected chi connectivity index (χ2v) is 6.00. The van der Waals surface area contributed by atoms with Gasteiger partial charge in [0.2, 0.25) is 0 Å². The molecule has 6 heteroatoms. The molecule has 0 N–H and O–H groups in total. The fraction of sp³-hybridized carbons (Fsp3) is 0.333. The fourth-order valence-corrected chi connectivity index (χ4v) is 2.71. The van der Waals surface area contributed by atoms with Gasteiger partial charge in [-0.05, 0) is 36.8 Å². The molecule has 0 aromatic heterocycles. The van der Waals surface area contributed by atoms with E-state index in [-0.39, 0.29) is 11.9 Å². The molecule has 1 radical (unpaired) electrons. The molecule has 27 heavy (non-hydrogen) atoms. The van der Waals surface area contributed by atoms with E-state index in [4.69, 9.17) is 18.9 Å². The van der Waals surface area contributed by atoms with Gasteiger partial charge in [-0.1, -0.05) is 12.1 Å². The van der Waals surface area contributed by atoms with Gasteiger partial charge < -0.3 is 23.8 Å². The molecule has 0 aliphatic carbocycles. The van der Waals surface area contributed by atoms with Crippen LogP contribution < -0.4 is 14.2 Å². The Balaban J connectivity index is 2.36. The van der Waals surface area contributed by atoms with Crippen LogP contribution in [-0.2, 0) is 11.3 Å². The number of ether oxygens (including phenoxy) is 4. The van der Waals surface area contributed by atoms with E-state index in [0.29, 0.717) is 30.2 Å². The summed E-state index contributed by atoms with van der Waals surface area (Å²) in [5.41, 5.74) is 1.39. The summed E-state index contributed by atoms with van der Waals surface area (Å²) in [4.78, 5) is 14.9. The topological polar surface area (TPSA) is 57.2 Å². The maximum absolute atomic E-state index is 13.2. The van der Waals surface area contributed by atoms with Gasteiger partial charge in [0.05, 0.1) is 34.0 Å². The number of carbonyl (C=O) groups excluding carboxylic acids is 1. The average molecular weight is 372 g/mol. The molecule has 6 nitrogen and oxygen atoms in total. The number of hydrogen-bond acceptors (Lipinski definition) is 5. The molecular weight excluding hydrogens is 346 g/mol. The van der Waals surface area contributed by atoms with Crippen LogP contribution in [0.3, 0.4) is 0 Å². The van der Waals surface area contributed by atoms with E-state index in [0.717, 1.165) is 11.3 Å². The zero-order chi connectivity index (χ0) is 19.8. The molecule has 145 valence electrons. The lowest BCUT2D eigenvalue weighted by atomic mass is 10.1. The minimum absolute atomic E-state index is 0.188. The highest BCUT2D eigenvalue weighted by molar-refractivity contribution is 5.95. The number of amides is 1. The zero-order valence-corrected chi connectivity index (χ0v) is 16.2. The zero-order valence-electron chi connectivity index (χ0n) is 16.2. The van der Waals surface area contributed by atoms with Crippen molar-refractivity contribution in [1.29, 1.82) is 0 Å². The van der Waals surface area contributed by atoms with Crippen LogP contribution in [0.4, 0.5) is 0 Å². The van der Waals surface area contributed by atoms with Crippen LogP contribution >= 0.6 is 0 Å². The van der Waals surface area contributed by atoms with Gasteiger partial charge >= 0.3 is 0 Å². The SMILES string of the molecule is [CH2]C(COC)N(Cc1cccc(OC)c1)C(=O)c1cc(OC)cc(OC)c1. The molecule has 0 fully saturated rings. The van der Waals surface area contributed by atoms with Gasteiger partial charge in [-0.3, -0.25) is 4.79 Å². The largest absolute Gasteiger partial charge is 0.497 e. The number of nitrogens with zero attached hydrogens (tertiary/aromatic N) is 1. The minimum Gasteiger partial charge on any atom is -0.497 e. The molecule has 2 aromatic rings. The summed E-state index contributed by atoms with van der Waals surface area (Å²) in [6.45, 7) is 4.77. The van der Waals surface area contributed by atoms with Gasteiger partial charge in [-0.25, -0.2) is 0 Å². The van der Waals surface area contributed by atoms with Gasteiger partial charge in [-0.15, -0.1) is 0 Å². The normalized spacial score (nSPS) is 11.6. The molecule has 0 saturated carbocycles. The smallest absolute Gasteiger partial charge is 0.254 e. The molecule has 1 unspecified atom stereocenters. The Hall–Kier alpha value is -2.73. The molecular formula is C21H26NO5. The Kier molecular flexibility index (Phi) is 7.49. The Morgan fingerprint density at radius 2 is 1.59 bits per heavy atom. The van der Waals surface area contributed by atoms with Crippen LogP contribution in [-0.4, -0.2) is 51.9 Å². The predicted molar refractivity (Wildman–Crippen MR) is 103 cm³/mol. The van der Waals surface area contributed by atoms with Crippen molar-refractivity contribution in [2.45, 2.75) is 12.6 Å². The Labute approximate surface area is 160 Å². The van der Waals surface area contributed by atoms with E-state index in [1.165, 1.54) is 0 Å². The van der Waals surface area contributed by atoms with Gasteiger partial charge in [0.25, 0.3) is 5.91 Å². The summed E-state index contributed by atoms with van der Waals surface area (Å²) in [7, 11) is 6.29. The molecule has 2 aromatic carbocycles. The Morgan fingerprint density at radius 3 is 2.15 bits per heavy atom. The summed E-state index contributed by atoms with van der Waals surface area (Å²) in [6.07, 6.45) is 0. The van der Waals surface area contributed by atoms with Crippen molar-refractivity contribution in [2.75, 3.05) is 35.0 Å². The first kappa shape index (κ1) is 20.6. The standard InChI is InChI=1S/C21H26NO5/c1-15(14-24-2)22(13-16-7-6-8-18(9-16)25-3)21(23)17-10-19(26-4)12-20(11-17)27-5/h6-12,15H,1,13-14H2,2-5H3. The van der Waals surface area contributed by atoms with Gasteiger partial charge in [0.15, 0.2) is 0 Å². The molecule has 0 bridgehead atoms. The summed E-state index contributed by atoms with van der Waals surface area (Å²) in [5.74, 6) is 1.64. The van der Waals surface area contributed by atoms with Crippen LogP contribution in [0.2, 0.25) is 0 Å². The number of benzene rings is 2. The Bertz CT molecular complexity index is 740. The van der Waals surface area contributed by atoms with Crippen LogP contribution in [0.15, 0.2) is 42.5 Å². The van der Waals surface area contributed by atoms with E-state index in [1.54, 1.807) is 51.5 Å². The van der Waals surface area contributed by atoms with Crippen molar-refractivity contribution in [1.82, 2.24) is 4.90 Å². The quantitative estimate of drug-likeness (QED) is 0.677. The van der Waals surface area contributed by atoms with Gasteiger partial charge in [0.1, 0.15) is 17.2 Å². The first-order valence-electron chi connectivity index (χ1n) is 8.51. The summed E-state index contributed by atoms with van der Waals surface area (Å²) in [5, 5.41) is 0. The van der Waals surface area contributed by atoms with E-state index in [9.17, 15) is 4.79 Å². The highest BCUT2D eigenvalue weighted by Gasteiger charge is 2.23. The maximum atomic E-state index is 13.2. The highest BCUT2D eigenvalue weighted by Crippen LogP contribution is 2.25. The van der Waals surface area contributed by atoms with Crippen LogP contribution in [0.1, 0.15) is 15.9 Å². The lowest BCUT2D eigenvalue weighted by molar-refractivity contribution is 0.0582.